The Morgan fingerprint density at radius 3 is 2.77 bits per heavy atom. The smallest absolute Gasteiger partial charge is 0.339 e. The van der Waals surface area contributed by atoms with Crippen LogP contribution in [0.25, 0.3) is 0 Å². The molecule has 0 spiro atoms. The Morgan fingerprint density at radius 2 is 2.14 bits per heavy atom. The molecule has 0 aliphatic heterocycles. The van der Waals surface area contributed by atoms with Gasteiger partial charge in [-0.3, -0.25) is 4.79 Å². The Hall–Kier alpha value is -2.63. The summed E-state index contributed by atoms with van der Waals surface area (Å²) in [6.45, 7) is 3.24. The molecule has 0 saturated carbocycles. The van der Waals surface area contributed by atoms with Crippen LogP contribution in [0, 0.1) is 12.7 Å². The molecular formula is C16H16FNO4. The van der Waals surface area contributed by atoms with Crippen LogP contribution in [0.15, 0.2) is 41.0 Å². The number of ether oxygens (including phenoxy) is 1. The molecular weight excluding hydrogens is 289 g/mol. The minimum Gasteiger partial charge on any atom is -0.467 e. The maximum atomic E-state index is 13.4. The first kappa shape index (κ1) is 15.8. The zero-order valence-electron chi connectivity index (χ0n) is 12.3. The van der Waals surface area contributed by atoms with E-state index in [-0.39, 0.29) is 12.1 Å². The van der Waals surface area contributed by atoms with Crippen molar-refractivity contribution in [2.75, 3.05) is 0 Å². The van der Waals surface area contributed by atoms with Crippen molar-refractivity contribution in [2.45, 2.75) is 26.5 Å². The van der Waals surface area contributed by atoms with Crippen molar-refractivity contribution < 1.29 is 23.1 Å². The average molecular weight is 305 g/mol. The molecule has 0 unspecified atom stereocenters. The summed E-state index contributed by atoms with van der Waals surface area (Å²) < 4.78 is 23.5. The molecule has 1 heterocycles. The number of benzene rings is 1. The quantitative estimate of drug-likeness (QED) is 0.862. The third-order valence-electron chi connectivity index (χ3n) is 3.08. The molecule has 1 aromatic heterocycles. The third kappa shape index (κ3) is 3.94. The highest BCUT2D eigenvalue weighted by atomic mass is 19.1. The van der Waals surface area contributed by atoms with Gasteiger partial charge in [0.05, 0.1) is 18.4 Å². The molecule has 1 N–H and O–H groups in total. The zero-order chi connectivity index (χ0) is 16.1. The molecule has 22 heavy (non-hydrogen) atoms. The molecule has 2 aromatic rings. The van der Waals surface area contributed by atoms with Crippen LogP contribution in [0.3, 0.4) is 0 Å². The number of esters is 1. The van der Waals surface area contributed by atoms with Gasteiger partial charge in [-0.05, 0) is 43.7 Å². The second-order valence-corrected chi connectivity index (χ2v) is 4.81. The maximum Gasteiger partial charge on any atom is 0.339 e. The number of furan rings is 1. The molecule has 1 amide bonds. The van der Waals surface area contributed by atoms with Crippen LogP contribution in [-0.4, -0.2) is 18.0 Å². The summed E-state index contributed by atoms with van der Waals surface area (Å²) in [6, 6.07) is 7.44. The molecule has 1 aromatic carbocycles. The fourth-order valence-corrected chi connectivity index (χ4v) is 1.73. The first-order chi connectivity index (χ1) is 10.5. The largest absolute Gasteiger partial charge is 0.467 e. The van der Waals surface area contributed by atoms with E-state index in [1.165, 1.54) is 25.3 Å². The van der Waals surface area contributed by atoms with Crippen LogP contribution in [0.2, 0.25) is 0 Å². The van der Waals surface area contributed by atoms with Gasteiger partial charge in [0.2, 0.25) is 0 Å². The van der Waals surface area contributed by atoms with E-state index in [2.05, 4.69) is 5.32 Å². The van der Waals surface area contributed by atoms with Gasteiger partial charge in [-0.25, -0.2) is 9.18 Å². The molecule has 1 atom stereocenters. The van der Waals surface area contributed by atoms with Crippen LogP contribution >= 0.6 is 0 Å². The van der Waals surface area contributed by atoms with Gasteiger partial charge in [0.25, 0.3) is 5.91 Å². The Morgan fingerprint density at radius 1 is 1.36 bits per heavy atom. The van der Waals surface area contributed by atoms with E-state index in [1.807, 2.05) is 0 Å². The lowest BCUT2D eigenvalue weighted by Gasteiger charge is -2.13. The summed E-state index contributed by atoms with van der Waals surface area (Å²) in [7, 11) is 0. The molecule has 0 radical (unpaired) electrons. The number of nitrogens with one attached hydrogen (secondary N) is 1. The molecule has 5 nitrogen and oxygen atoms in total. The number of carbonyl (C=O) groups excluding carboxylic acids is 2. The van der Waals surface area contributed by atoms with Crippen molar-refractivity contribution in [3.8, 4) is 0 Å². The average Bonchev–Trinajstić information content (AvgIpc) is 3.00. The molecule has 0 aliphatic rings. The third-order valence-corrected chi connectivity index (χ3v) is 3.08. The van der Waals surface area contributed by atoms with Gasteiger partial charge in [0, 0.05) is 0 Å². The van der Waals surface area contributed by atoms with Crippen molar-refractivity contribution in [2.24, 2.45) is 0 Å². The topological polar surface area (TPSA) is 68.5 Å². The lowest BCUT2D eigenvalue weighted by atomic mass is 10.1. The summed E-state index contributed by atoms with van der Waals surface area (Å²) in [5, 5.41) is 2.58. The van der Waals surface area contributed by atoms with E-state index in [1.54, 1.807) is 19.1 Å². The number of hydrogen-bond acceptors (Lipinski definition) is 4. The number of halogens is 1. The normalized spacial score (nSPS) is 11.8. The summed E-state index contributed by atoms with van der Waals surface area (Å²) >= 11 is 0. The monoisotopic (exact) mass is 305 g/mol. The fraction of sp³-hybridized carbons (Fsp3) is 0.250. The predicted octanol–water partition coefficient (Wildman–Crippen LogP) is 2.59. The predicted molar refractivity (Wildman–Crippen MR) is 76.6 cm³/mol. The van der Waals surface area contributed by atoms with Crippen LogP contribution < -0.4 is 5.32 Å². The molecule has 0 aliphatic carbocycles. The number of aryl methyl sites for hydroxylation is 1. The number of carbonyl (C=O) groups is 2. The Labute approximate surface area is 127 Å². The zero-order valence-corrected chi connectivity index (χ0v) is 12.3. The van der Waals surface area contributed by atoms with Gasteiger partial charge in [0.15, 0.2) is 6.10 Å². The number of hydrogen-bond donors (Lipinski definition) is 1. The van der Waals surface area contributed by atoms with E-state index < -0.39 is 23.8 Å². The van der Waals surface area contributed by atoms with E-state index in [0.29, 0.717) is 11.3 Å². The molecule has 6 heteroatoms. The van der Waals surface area contributed by atoms with E-state index >= 15 is 0 Å². The van der Waals surface area contributed by atoms with Crippen molar-refractivity contribution in [3.05, 3.63) is 59.3 Å². The SMILES string of the molecule is Cc1ccc(C(=O)O[C@H](C)C(=O)NCc2ccco2)cc1F. The molecule has 2 rings (SSSR count). The maximum absolute atomic E-state index is 13.4. The van der Waals surface area contributed by atoms with Crippen molar-refractivity contribution in [1.82, 2.24) is 5.32 Å². The van der Waals surface area contributed by atoms with Crippen molar-refractivity contribution in [1.29, 1.82) is 0 Å². The number of rotatable bonds is 5. The summed E-state index contributed by atoms with van der Waals surface area (Å²) in [4.78, 5) is 23.7. The summed E-state index contributed by atoms with van der Waals surface area (Å²) in [5.41, 5.74) is 0.495. The Bertz CT molecular complexity index is 667. The van der Waals surface area contributed by atoms with Gasteiger partial charge in [-0.15, -0.1) is 0 Å². The van der Waals surface area contributed by atoms with Gasteiger partial charge < -0.3 is 14.5 Å². The van der Waals surface area contributed by atoms with Crippen LogP contribution in [-0.2, 0) is 16.1 Å². The van der Waals surface area contributed by atoms with Crippen LogP contribution in [0.4, 0.5) is 4.39 Å². The lowest BCUT2D eigenvalue weighted by molar-refractivity contribution is -0.129. The highest BCUT2D eigenvalue weighted by molar-refractivity contribution is 5.92. The second-order valence-electron chi connectivity index (χ2n) is 4.81. The van der Waals surface area contributed by atoms with Crippen molar-refractivity contribution in [3.63, 3.8) is 0 Å². The molecule has 0 bridgehead atoms. The number of amides is 1. The molecule has 0 saturated heterocycles. The van der Waals surface area contributed by atoms with Crippen LogP contribution in [0.1, 0.15) is 28.6 Å². The Kier molecular flexibility index (Phi) is 4.93. The fourth-order valence-electron chi connectivity index (χ4n) is 1.73. The van der Waals surface area contributed by atoms with E-state index in [4.69, 9.17) is 9.15 Å². The first-order valence-corrected chi connectivity index (χ1v) is 6.74. The highest BCUT2D eigenvalue weighted by Crippen LogP contribution is 2.11. The minimum absolute atomic E-state index is 0.0637. The van der Waals surface area contributed by atoms with Gasteiger partial charge in [-0.1, -0.05) is 6.07 Å². The van der Waals surface area contributed by atoms with E-state index in [0.717, 1.165) is 6.07 Å². The second kappa shape index (κ2) is 6.89. The van der Waals surface area contributed by atoms with E-state index in [9.17, 15) is 14.0 Å². The lowest BCUT2D eigenvalue weighted by Crippen LogP contribution is -2.35. The highest BCUT2D eigenvalue weighted by Gasteiger charge is 2.19. The summed E-state index contributed by atoms with van der Waals surface area (Å²) in [6.07, 6.45) is 0.503. The van der Waals surface area contributed by atoms with Crippen molar-refractivity contribution >= 4 is 11.9 Å². The van der Waals surface area contributed by atoms with Gasteiger partial charge in [-0.2, -0.15) is 0 Å². The van der Waals surface area contributed by atoms with Gasteiger partial charge in [0.1, 0.15) is 11.6 Å². The van der Waals surface area contributed by atoms with Gasteiger partial charge >= 0.3 is 5.97 Å². The molecule has 0 fully saturated rings. The molecule has 116 valence electrons. The Balaban J connectivity index is 1.89. The first-order valence-electron chi connectivity index (χ1n) is 6.74. The minimum atomic E-state index is -0.994. The summed E-state index contributed by atoms with van der Waals surface area (Å²) in [5.74, 6) is -1.12. The van der Waals surface area contributed by atoms with Crippen LogP contribution in [0.5, 0.6) is 0 Å². The standard InChI is InChI=1S/C16H16FNO4/c1-10-5-6-12(8-14(10)17)16(20)22-11(2)15(19)18-9-13-4-3-7-21-13/h3-8,11H,9H2,1-2H3,(H,18,19)/t11-/m1/s1.